The number of benzene rings is 2. The van der Waals surface area contributed by atoms with Crippen LogP contribution in [0.15, 0.2) is 42.7 Å². The highest BCUT2D eigenvalue weighted by Crippen LogP contribution is 2.42. The zero-order valence-electron chi connectivity index (χ0n) is 16.0. The Labute approximate surface area is 172 Å². The van der Waals surface area contributed by atoms with Crippen molar-refractivity contribution < 1.29 is 18.1 Å². The number of nitrogen functional groups attached to an aromatic ring is 2. The Bertz CT molecular complexity index is 1350. The lowest BCUT2D eigenvalue weighted by Crippen LogP contribution is -2.11. The molecule has 0 amide bonds. The van der Waals surface area contributed by atoms with Crippen LogP contribution >= 0.6 is 0 Å². The van der Waals surface area contributed by atoms with Gasteiger partial charge >= 0.3 is 11.9 Å². The second-order valence-electron chi connectivity index (χ2n) is 6.88. The van der Waals surface area contributed by atoms with Gasteiger partial charge in [-0.2, -0.15) is 13.2 Å². The summed E-state index contributed by atoms with van der Waals surface area (Å²) in [7, 11) is 0. The number of nitrogens with zero attached hydrogens (tertiary/aromatic N) is 3. The van der Waals surface area contributed by atoms with Gasteiger partial charge in [0.2, 0.25) is 0 Å². The minimum absolute atomic E-state index is 0.0821. The van der Waals surface area contributed by atoms with E-state index in [2.05, 4.69) is 15.0 Å². The summed E-state index contributed by atoms with van der Waals surface area (Å²) >= 11 is 0. The Morgan fingerprint density at radius 2 is 1.84 bits per heavy atom. The van der Waals surface area contributed by atoms with Crippen molar-refractivity contribution in [3.8, 4) is 22.6 Å². The molecule has 31 heavy (non-hydrogen) atoms. The fraction of sp³-hybridized carbons (Fsp3) is 0.100. The van der Waals surface area contributed by atoms with E-state index < -0.39 is 28.0 Å². The molecular formula is C20H15F3N6O2. The van der Waals surface area contributed by atoms with E-state index >= 15 is 0 Å². The van der Waals surface area contributed by atoms with Gasteiger partial charge in [-0.25, -0.2) is 9.97 Å². The molecule has 0 aliphatic carbocycles. The maximum Gasteiger partial charge on any atom is 0.419 e. The van der Waals surface area contributed by atoms with Gasteiger partial charge in [0.15, 0.2) is 5.82 Å². The largest absolute Gasteiger partial charge is 0.419 e. The maximum absolute atomic E-state index is 13.8. The van der Waals surface area contributed by atoms with Gasteiger partial charge in [-0.3, -0.25) is 10.1 Å². The van der Waals surface area contributed by atoms with E-state index in [0.717, 1.165) is 5.56 Å². The van der Waals surface area contributed by atoms with Crippen molar-refractivity contribution in [2.75, 3.05) is 11.5 Å². The summed E-state index contributed by atoms with van der Waals surface area (Å²) in [5.41, 5.74) is 10.7. The number of nitro benzene ring substituents is 1. The Kier molecular flexibility index (Phi) is 4.53. The first kappa shape index (κ1) is 20.1. The molecule has 2 heterocycles. The fourth-order valence-electron chi connectivity index (χ4n) is 3.47. The number of hydrogen-bond acceptors (Lipinski definition) is 6. The van der Waals surface area contributed by atoms with Crippen LogP contribution in [-0.4, -0.2) is 19.9 Å². The van der Waals surface area contributed by atoms with Crippen LogP contribution in [0.5, 0.6) is 0 Å². The van der Waals surface area contributed by atoms with Crippen molar-refractivity contribution in [3.05, 3.63) is 64.0 Å². The molecule has 0 saturated carbocycles. The molecule has 0 radical (unpaired) electrons. The number of hydrogen-bond donors (Lipinski definition) is 3. The highest BCUT2D eigenvalue weighted by Gasteiger charge is 2.37. The van der Waals surface area contributed by atoms with Crippen molar-refractivity contribution >= 4 is 28.0 Å². The number of nitro groups is 1. The van der Waals surface area contributed by atoms with Crippen LogP contribution in [0.4, 0.5) is 30.2 Å². The highest BCUT2D eigenvalue weighted by molar-refractivity contribution is 5.97. The number of para-hydroxylation sites is 1. The third-order valence-corrected chi connectivity index (χ3v) is 4.92. The van der Waals surface area contributed by atoms with E-state index in [0.29, 0.717) is 17.1 Å². The molecule has 0 fully saturated rings. The lowest BCUT2D eigenvalue weighted by atomic mass is 10.0. The van der Waals surface area contributed by atoms with Crippen LogP contribution in [0, 0.1) is 17.0 Å². The van der Waals surface area contributed by atoms with Gasteiger partial charge in [-0.05, 0) is 24.6 Å². The van der Waals surface area contributed by atoms with Crippen LogP contribution in [-0.2, 0) is 6.18 Å². The summed E-state index contributed by atoms with van der Waals surface area (Å²) < 4.78 is 41.3. The number of nitrogens with two attached hydrogens (primary N) is 2. The van der Waals surface area contributed by atoms with Crippen LogP contribution in [0.3, 0.4) is 0 Å². The number of aromatic amines is 1. The van der Waals surface area contributed by atoms with E-state index in [1.165, 1.54) is 18.3 Å². The molecule has 0 spiro atoms. The predicted molar refractivity (Wildman–Crippen MR) is 110 cm³/mol. The van der Waals surface area contributed by atoms with Crippen molar-refractivity contribution in [2.45, 2.75) is 13.1 Å². The number of H-pyrrole nitrogens is 1. The molecule has 0 aliphatic heterocycles. The van der Waals surface area contributed by atoms with Gasteiger partial charge in [0, 0.05) is 34.5 Å². The number of nitrogens with one attached hydrogen (secondary N) is 1. The Morgan fingerprint density at radius 3 is 2.52 bits per heavy atom. The van der Waals surface area contributed by atoms with E-state index in [4.69, 9.17) is 11.5 Å². The minimum atomic E-state index is -4.76. The third-order valence-electron chi connectivity index (χ3n) is 4.92. The number of anilines is 2. The second kappa shape index (κ2) is 6.97. The monoisotopic (exact) mass is 428 g/mol. The van der Waals surface area contributed by atoms with Crippen molar-refractivity contribution in [3.63, 3.8) is 0 Å². The number of halogens is 3. The molecule has 158 valence electrons. The quantitative estimate of drug-likeness (QED) is 0.246. The Balaban J connectivity index is 2.06. The van der Waals surface area contributed by atoms with E-state index in [9.17, 15) is 23.3 Å². The van der Waals surface area contributed by atoms with Gasteiger partial charge in [-0.1, -0.05) is 18.2 Å². The number of aryl methyl sites for hydroxylation is 1. The number of alkyl halides is 3. The average Bonchev–Trinajstić information content (AvgIpc) is 3.13. The molecule has 4 rings (SSSR count). The van der Waals surface area contributed by atoms with E-state index in [1.54, 1.807) is 12.1 Å². The average molecular weight is 428 g/mol. The first-order valence-corrected chi connectivity index (χ1v) is 8.93. The number of rotatable bonds is 3. The highest BCUT2D eigenvalue weighted by atomic mass is 19.4. The lowest BCUT2D eigenvalue weighted by molar-refractivity contribution is -0.383. The lowest BCUT2D eigenvalue weighted by Gasteiger charge is -2.14. The molecule has 0 atom stereocenters. The SMILES string of the molecule is Cc1cccc2c(-c3nc(-c4c(N)ccc(N)c4[N+](=O)[O-])ncc3C(F)(F)F)c[nH]c12. The van der Waals surface area contributed by atoms with Crippen LogP contribution in [0.25, 0.3) is 33.5 Å². The summed E-state index contributed by atoms with van der Waals surface area (Å²) in [6, 6.07) is 7.74. The van der Waals surface area contributed by atoms with Crippen LogP contribution in [0.1, 0.15) is 11.1 Å². The normalized spacial score (nSPS) is 11.7. The zero-order valence-corrected chi connectivity index (χ0v) is 16.0. The zero-order chi connectivity index (χ0) is 22.5. The summed E-state index contributed by atoms with van der Waals surface area (Å²) in [6.07, 6.45) is -2.75. The fourth-order valence-corrected chi connectivity index (χ4v) is 3.47. The Hall–Kier alpha value is -4.15. The van der Waals surface area contributed by atoms with Gasteiger partial charge in [0.05, 0.1) is 10.6 Å². The van der Waals surface area contributed by atoms with E-state index in [1.807, 2.05) is 13.0 Å². The topological polar surface area (TPSA) is 137 Å². The molecule has 2 aromatic carbocycles. The van der Waals surface area contributed by atoms with Crippen LogP contribution < -0.4 is 11.5 Å². The molecule has 0 aliphatic rings. The number of fused-ring (bicyclic) bond motifs is 1. The van der Waals surface area contributed by atoms with Gasteiger partial charge < -0.3 is 16.5 Å². The third kappa shape index (κ3) is 3.29. The summed E-state index contributed by atoms with van der Waals surface area (Å²) in [5.74, 6) is -0.332. The molecule has 0 unspecified atom stereocenters. The summed E-state index contributed by atoms with van der Waals surface area (Å²) in [5, 5.41) is 12.1. The molecule has 0 saturated heterocycles. The molecule has 8 nitrogen and oxygen atoms in total. The molecule has 11 heteroatoms. The van der Waals surface area contributed by atoms with Gasteiger partial charge in [0.1, 0.15) is 16.8 Å². The molecule has 0 bridgehead atoms. The summed E-state index contributed by atoms with van der Waals surface area (Å²) in [6.45, 7) is 1.81. The van der Waals surface area contributed by atoms with Crippen molar-refractivity contribution in [1.29, 1.82) is 0 Å². The maximum atomic E-state index is 13.8. The first-order valence-electron chi connectivity index (χ1n) is 8.93. The standard InChI is InChI=1S/C20H15F3N6O2/c1-9-3-2-4-10-11(7-26-16(9)10)17-12(20(21,22)23)8-27-19(28-17)15-13(24)5-6-14(25)18(15)29(30)31/h2-8,26H,24-25H2,1H3. The first-order chi connectivity index (χ1) is 14.6. The predicted octanol–water partition coefficient (Wildman–Crippen LogP) is 4.69. The molecule has 4 aromatic rings. The van der Waals surface area contributed by atoms with Crippen molar-refractivity contribution in [1.82, 2.24) is 15.0 Å². The summed E-state index contributed by atoms with van der Waals surface area (Å²) in [4.78, 5) is 21.6. The second-order valence-corrected chi connectivity index (χ2v) is 6.88. The van der Waals surface area contributed by atoms with Gasteiger partial charge in [0.25, 0.3) is 0 Å². The molecule has 5 N–H and O–H groups in total. The number of aromatic nitrogens is 3. The molecule has 2 aromatic heterocycles. The Morgan fingerprint density at radius 1 is 1.13 bits per heavy atom. The van der Waals surface area contributed by atoms with E-state index in [-0.39, 0.29) is 28.3 Å². The van der Waals surface area contributed by atoms with Crippen LogP contribution in [0.2, 0.25) is 0 Å². The molecular weight excluding hydrogens is 413 g/mol. The van der Waals surface area contributed by atoms with Gasteiger partial charge in [-0.15, -0.1) is 0 Å². The minimum Gasteiger partial charge on any atom is -0.398 e. The van der Waals surface area contributed by atoms with Crippen molar-refractivity contribution in [2.24, 2.45) is 0 Å². The smallest absolute Gasteiger partial charge is 0.398 e.